The molecule has 4 rings (SSSR count). The minimum Gasteiger partial charge on any atom is -0.453 e. The van der Waals surface area contributed by atoms with Gasteiger partial charge in [0.1, 0.15) is 16.5 Å². The topological polar surface area (TPSA) is 109 Å². The van der Waals surface area contributed by atoms with Gasteiger partial charge in [-0.05, 0) is 36.8 Å². The lowest BCUT2D eigenvalue weighted by Gasteiger charge is -2.10. The van der Waals surface area contributed by atoms with Crippen LogP contribution in [0, 0.1) is 5.82 Å². The molecule has 4 N–H and O–H groups in total. The van der Waals surface area contributed by atoms with Gasteiger partial charge in [0, 0.05) is 17.8 Å². The third-order valence-corrected chi connectivity index (χ3v) is 5.25. The molecule has 0 aliphatic rings. The van der Waals surface area contributed by atoms with Crippen LogP contribution in [0.15, 0.2) is 60.8 Å². The van der Waals surface area contributed by atoms with Crippen molar-refractivity contribution in [2.45, 2.75) is 13.3 Å². The number of anilines is 1. The number of primary amides is 1. The van der Waals surface area contributed by atoms with E-state index in [1.165, 1.54) is 24.4 Å². The van der Waals surface area contributed by atoms with Crippen LogP contribution in [0.1, 0.15) is 23.0 Å². The van der Waals surface area contributed by atoms with Gasteiger partial charge in [0.25, 0.3) is 5.91 Å². The average molecular weight is 452 g/mol. The SMILES string of the molecule is CCc1c(C(N)=O)c(-c2ccc(Oc3ccnc(N)c3Cl)c(F)c2)nn1-c1ccccc1. The van der Waals surface area contributed by atoms with Gasteiger partial charge in [-0.2, -0.15) is 5.10 Å². The standard InChI is InChI=1S/C23H19ClFN5O2/c1-2-16-19(23(27)31)21(29-30(16)14-6-4-3-5-7-14)13-8-9-17(15(25)12-13)32-18-10-11-28-22(26)20(18)24/h3-12H,2H2,1H3,(H2,26,28)(H2,27,31). The Morgan fingerprint density at radius 2 is 1.91 bits per heavy atom. The molecule has 162 valence electrons. The number of aromatic nitrogens is 3. The Balaban J connectivity index is 1.78. The Kier molecular flexibility index (Phi) is 5.79. The third kappa shape index (κ3) is 3.88. The molecule has 9 heteroatoms. The zero-order valence-electron chi connectivity index (χ0n) is 17.0. The molecular weight excluding hydrogens is 433 g/mol. The van der Waals surface area contributed by atoms with Gasteiger partial charge < -0.3 is 16.2 Å². The molecule has 1 amide bonds. The van der Waals surface area contributed by atoms with E-state index in [4.69, 9.17) is 27.8 Å². The Hall–Kier alpha value is -3.91. The highest BCUT2D eigenvalue weighted by Gasteiger charge is 2.24. The van der Waals surface area contributed by atoms with Crippen LogP contribution in [0.2, 0.25) is 5.02 Å². The van der Waals surface area contributed by atoms with E-state index < -0.39 is 11.7 Å². The van der Waals surface area contributed by atoms with Crippen molar-refractivity contribution in [3.63, 3.8) is 0 Å². The van der Waals surface area contributed by atoms with Crippen LogP contribution < -0.4 is 16.2 Å². The van der Waals surface area contributed by atoms with Gasteiger partial charge >= 0.3 is 0 Å². The summed E-state index contributed by atoms with van der Waals surface area (Å²) in [6.45, 7) is 1.90. The lowest BCUT2D eigenvalue weighted by molar-refractivity contribution is 0.1000. The fraction of sp³-hybridized carbons (Fsp3) is 0.0870. The number of para-hydroxylation sites is 1. The van der Waals surface area contributed by atoms with Gasteiger partial charge in [0.2, 0.25) is 0 Å². The van der Waals surface area contributed by atoms with Gasteiger partial charge in [0.05, 0.1) is 16.9 Å². The summed E-state index contributed by atoms with van der Waals surface area (Å²) >= 11 is 6.07. The molecule has 0 saturated heterocycles. The lowest BCUT2D eigenvalue weighted by atomic mass is 10.0. The summed E-state index contributed by atoms with van der Waals surface area (Å²) < 4.78 is 22.1. The minimum atomic E-state index is -0.670. The Morgan fingerprint density at radius 1 is 1.16 bits per heavy atom. The second kappa shape index (κ2) is 8.68. The number of nitrogens with two attached hydrogens (primary N) is 2. The first-order chi connectivity index (χ1) is 15.4. The fourth-order valence-electron chi connectivity index (χ4n) is 3.39. The molecule has 4 aromatic rings. The van der Waals surface area contributed by atoms with E-state index in [1.807, 2.05) is 37.3 Å². The van der Waals surface area contributed by atoms with Crippen molar-refractivity contribution >= 4 is 23.3 Å². The summed E-state index contributed by atoms with van der Waals surface area (Å²) in [5, 5.41) is 4.67. The van der Waals surface area contributed by atoms with Gasteiger partial charge in [-0.1, -0.05) is 36.7 Å². The predicted octanol–water partition coefficient (Wildman–Crippen LogP) is 4.76. The maximum atomic E-state index is 14.9. The first-order valence-electron chi connectivity index (χ1n) is 9.75. The van der Waals surface area contributed by atoms with Crippen molar-refractivity contribution < 1.29 is 13.9 Å². The lowest BCUT2D eigenvalue weighted by Crippen LogP contribution is -2.14. The third-order valence-electron chi connectivity index (χ3n) is 4.87. The fourth-order valence-corrected chi connectivity index (χ4v) is 3.54. The first-order valence-corrected chi connectivity index (χ1v) is 10.1. The molecule has 2 aromatic heterocycles. The van der Waals surface area contributed by atoms with Crippen LogP contribution >= 0.6 is 11.6 Å². The number of carbonyl (C=O) groups is 1. The highest BCUT2D eigenvalue weighted by atomic mass is 35.5. The number of halogens is 2. The van der Waals surface area contributed by atoms with Crippen molar-refractivity contribution in [3.05, 3.63) is 82.9 Å². The van der Waals surface area contributed by atoms with E-state index in [0.717, 1.165) is 5.69 Å². The normalized spacial score (nSPS) is 10.8. The highest BCUT2D eigenvalue weighted by molar-refractivity contribution is 6.34. The monoisotopic (exact) mass is 451 g/mol. The minimum absolute atomic E-state index is 0.0694. The molecule has 0 atom stereocenters. The predicted molar refractivity (Wildman–Crippen MR) is 121 cm³/mol. The molecule has 0 spiro atoms. The van der Waals surface area contributed by atoms with Crippen molar-refractivity contribution in [2.75, 3.05) is 5.73 Å². The molecule has 0 aliphatic carbocycles. The van der Waals surface area contributed by atoms with Crippen molar-refractivity contribution in [1.82, 2.24) is 14.8 Å². The molecule has 0 radical (unpaired) electrons. The Bertz CT molecular complexity index is 1310. The first kappa shape index (κ1) is 21.3. The largest absolute Gasteiger partial charge is 0.453 e. The molecule has 0 saturated carbocycles. The number of ether oxygens (including phenoxy) is 1. The number of hydrogen-bond acceptors (Lipinski definition) is 5. The van der Waals surface area contributed by atoms with E-state index in [1.54, 1.807) is 10.7 Å². The van der Waals surface area contributed by atoms with E-state index >= 15 is 0 Å². The molecule has 2 aromatic carbocycles. The molecular formula is C23H19ClFN5O2. The number of nitrogens with zero attached hydrogens (tertiary/aromatic N) is 3. The number of nitrogen functional groups attached to an aromatic ring is 1. The van der Waals surface area contributed by atoms with Crippen LogP contribution in [0.5, 0.6) is 11.5 Å². The van der Waals surface area contributed by atoms with Gasteiger partial charge in [-0.25, -0.2) is 14.1 Å². The molecule has 2 heterocycles. The number of benzene rings is 2. The van der Waals surface area contributed by atoms with E-state index in [-0.39, 0.29) is 33.6 Å². The second-order valence-corrected chi connectivity index (χ2v) is 7.27. The molecule has 0 aliphatic heterocycles. The van der Waals surface area contributed by atoms with Gasteiger partial charge in [-0.3, -0.25) is 4.79 Å². The number of rotatable bonds is 6. The van der Waals surface area contributed by atoms with Crippen LogP contribution in [-0.2, 0) is 6.42 Å². The van der Waals surface area contributed by atoms with E-state index in [2.05, 4.69) is 10.1 Å². The summed E-state index contributed by atoms with van der Waals surface area (Å²) in [7, 11) is 0. The van der Waals surface area contributed by atoms with Crippen LogP contribution in [0.3, 0.4) is 0 Å². The van der Waals surface area contributed by atoms with Crippen molar-refractivity contribution in [1.29, 1.82) is 0 Å². The number of pyridine rings is 1. The van der Waals surface area contributed by atoms with Gasteiger partial charge in [0.15, 0.2) is 17.3 Å². The quantitative estimate of drug-likeness (QED) is 0.439. The molecule has 32 heavy (non-hydrogen) atoms. The Morgan fingerprint density at radius 3 is 2.56 bits per heavy atom. The second-order valence-electron chi connectivity index (χ2n) is 6.89. The van der Waals surface area contributed by atoms with Crippen molar-refractivity contribution in [2.24, 2.45) is 5.73 Å². The summed E-state index contributed by atoms with van der Waals surface area (Å²) in [5.74, 6) is -1.13. The number of hydrogen-bond donors (Lipinski definition) is 2. The smallest absolute Gasteiger partial charge is 0.252 e. The van der Waals surface area contributed by atoms with Crippen LogP contribution in [-0.4, -0.2) is 20.7 Å². The average Bonchev–Trinajstić information content (AvgIpc) is 3.19. The zero-order valence-corrected chi connectivity index (χ0v) is 17.8. The van der Waals surface area contributed by atoms with Crippen molar-refractivity contribution in [3.8, 4) is 28.4 Å². The number of carbonyl (C=O) groups excluding carboxylic acids is 1. The number of amides is 1. The molecule has 0 fully saturated rings. The maximum absolute atomic E-state index is 14.9. The van der Waals surface area contributed by atoms with Crippen LogP contribution in [0.25, 0.3) is 16.9 Å². The highest BCUT2D eigenvalue weighted by Crippen LogP contribution is 2.35. The van der Waals surface area contributed by atoms with Crippen LogP contribution in [0.4, 0.5) is 10.2 Å². The molecule has 7 nitrogen and oxygen atoms in total. The summed E-state index contributed by atoms with van der Waals surface area (Å²) in [4.78, 5) is 16.1. The molecule has 0 unspecified atom stereocenters. The van der Waals surface area contributed by atoms with E-state index in [0.29, 0.717) is 17.7 Å². The summed E-state index contributed by atoms with van der Waals surface area (Å²) in [6.07, 6.45) is 1.91. The maximum Gasteiger partial charge on any atom is 0.252 e. The molecule has 0 bridgehead atoms. The van der Waals surface area contributed by atoms with E-state index in [9.17, 15) is 9.18 Å². The van der Waals surface area contributed by atoms with Gasteiger partial charge in [-0.15, -0.1) is 0 Å². The zero-order chi connectivity index (χ0) is 22.8. The summed E-state index contributed by atoms with van der Waals surface area (Å²) in [5.41, 5.74) is 13.7. The summed E-state index contributed by atoms with van der Waals surface area (Å²) in [6, 6.07) is 15.1. The Labute approximate surface area is 188 Å².